The van der Waals surface area contributed by atoms with Crippen LogP contribution in [0.25, 0.3) is 0 Å². The monoisotopic (exact) mass is 290 g/mol. The minimum atomic E-state index is -3.24. The van der Waals surface area contributed by atoms with Gasteiger partial charge in [-0.15, -0.1) is 0 Å². The van der Waals surface area contributed by atoms with Gasteiger partial charge in [-0.3, -0.25) is 0 Å². The van der Waals surface area contributed by atoms with Crippen LogP contribution in [-0.2, 0) is 14.8 Å². The lowest BCUT2D eigenvalue weighted by atomic mass is 9.82. The fourth-order valence-electron chi connectivity index (χ4n) is 3.57. The summed E-state index contributed by atoms with van der Waals surface area (Å²) < 4.78 is 32.1. The first-order valence-electron chi connectivity index (χ1n) is 6.97. The van der Waals surface area contributed by atoms with E-state index in [9.17, 15) is 13.5 Å². The molecular formula is C12H22N2O4S. The number of nitrogens with one attached hydrogen (secondary N) is 1. The Morgan fingerprint density at radius 2 is 2.11 bits per heavy atom. The van der Waals surface area contributed by atoms with Crippen LogP contribution >= 0.6 is 0 Å². The van der Waals surface area contributed by atoms with Gasteiger partial charge in [-0.2, -0.15) is 0 Å². The molecule has 2 unspecified atom stereocenters. The highest BCUT2D eigenvalue weighted by Crippen LogP contribution is 2.40. The Morgan fingerprint density at radius 3 is 2.74 bits per heavy atom. The molecule has 2 N–H and O–H groups in total. The summed E-state index contributed by atoms with van der Waals surface area (Å²) in [5.74, 6) is 0.243. The summed E-state index contributed by atoms with van der Waals surface area (Å²) in [6.45, 7) is 3.66. The van der Waals surface area contributed by atoms with Crippen LogP contribution in [-0.4, -0.2) is 69.1 Å². The first kappa shape index (κ1) is 13.8. The molecule has 7 heteroatoms. The van der Waals surface area contributed by atoms with E-state index in [1.807, 2.05) is 0 Å². The van der Waals surface area contributed by atoms with Crippen molar-refractivity contribution in [3.63, 3.8) is 0 Å². The summed E-state index contributed by atoms with van der Waals surface area (Å²) in [7, 11) is -3.24. The van der Waals surface area contributed by atoms with E-state index in [2.05, 4.69) is 5.32 Å². The zero-order chi connectivity index (χ0) is 13.5. The summed E-state index contributed by atoms with van der Waals surface area (Å²) in [4.78, 5) is 0. The van der Waals surface area contributed by atoms with Crippen LogP contribution in [0, 0.1) is 11.3 Å². The van der Waals surface area contributed by atoms with Crippen LogP contribution in [0.2, 0.25) is 0 Å². The Hall–Kier alpha value is -0.210. The molecule has 0 radical (unpaired) electrons. The molecule has 3 fully saturated rings. The number of nitrogens with zero attached hydrogens (tertiary/aromatic N) is 1. The van der Waals surface area contributed by atoms with Gasteiger partial charge in [-0.05, 0) is 25.3 Å². The fraction of sp³-hybridized carbons (Fsp3) is 1.00. The number of ether oxygens (including phenoxy) is 1. The van der Waals surface area contributed by atoms with Gasteiger partial charge >= 0.3 is 0 Å². The topological polar surface area (TPSA) is 78.9 Å². The minimum absolute atomic E-state index is 0.0600. The number of fused-ring (bicyclic) bond motifs is 1. The highest BCUT2D eigenvalue weighted by atomic mass is 32.2. The van der Waals surface area contributed by atoms with Crippen molar-refractivity contribution in [2.75, 3.05) is 46.0 Å². The molecule has 0 bridgehead atoms. The van der Waals surface area contributed by atoms with Gasteiger partial charge in [0.1, 0.15) is 0 Å². The molecule has 0 amide bonds. The van der Waals surface area contributed by atoms with Crippen molar-refractivity contribution in [1.29, 1.82) is 0 Å². The number of hydrogen-bond acceptors (Lipinski definition) is 5. The SMILES string of the molecule is O=S(=O)(C1CCOCC1)N1CC2CNCC2(CO)C1. The Morgan fingerprint density at radius 1 is 1.37 bits per heavy atom. The fourth-order valence-corrected chi connectivity index (χ4v) is 5.61. The zero-order valence-electron chi connectivity index (χ0n) is 11.0. The van der Waals surface area contributed by atoms with Crippen LogP contribution in [0.1, 0.15) is 12.8 Å². The molecule has 2 atom stereocenters. The molecule has 0 saturated carbocycles. The highest BCUT2D eigenvalue weighted by Gasteiger charge is 2.53. The predicted molar refractivity (Wildman–Crippen MR) is 70.2 cm³/mol. The van der Waals surface area contributed by atoms with E-state index in [0.29, 0.717) is 45.7 Å². The maximum Gasteiger partial charge on any atom is 0.217 e. The van der Waals surface area contributed by atoms with Crippen LogP contribution in [0.3, 0.4) is 0 Å². The molecule has 0 aromatic carbocycles. The summed E-state index contributed by atoms with van der Waals surface area (Å²) in [6, 6.07) is 0. The Kier molecular flexibility index (Phi) is 3.59. The van der Waals surface area contributed by atoms with Gasteiger partial charge in [0.25, 0.3) is 0 Å². The van der Waals surface area contributed by atoms with E-state index < -0.39 is 10.0 Å². The average Bonchev–Trinajstić information content (AvgIpc) is 2.97. The maximum absolute atomic E-state index is 12.6. The first-order valence-corrected chi connectivity index (χ1v) is 8.47. The Labute approximate surface area is 114 Å². The molecule has 3 aliphatic heterocycles. The average molecular weight is 290 g/mol. The van der Waals surface area contributed by atoms with Crippen LogP contribution < -0.4 is 5.32 Å². The molecule has 110 valence electrons. The Bertz CT molecular complexity index is 435. The Balaban J connectivity index is 1.76. The second-order valence-corrected chi connectivity index (χ2v) is 8.21. The van der Waals surface area contributed by atoms with Crippen LogP contribution in [0.15, 0.2) is 0 Å². The van der Waals surface area contributed by atoms with Gasteiger partial charge in [-0.1, -0.05) is 0 Å². The van der Waals surface area contributed by atoms with Gasteiger partial charge in [-0.25, -0.2) is 12.7 Å². The van der Waals surface area contributed by atoms with E-state index in [1.165, 1.54) is 0 Å². The van der Waals surface area contributed by atoms with Gasteiger partial charge < -0.3 is 15.2 Å². The van der Waals surface area contributed by atoms with Gasteiger partial charge in [0.15, 0.2) is 0 Å². The smallest absolute Gasteiger partial charge is 0.217 e. The molecule has 0 aromatic heterocycles. The third-order valence-electron chi connectivity index (χ3n) is 4.91. The standard InChI is InChI=1S/C12H22N2O4S/c15-9-12-7-13-5-10(12)6-14(8-12)19(16,17)11-1-3-18-4-2-11/h10-11,13,15H,1-9H2. The van der Waals surface area contributed by atoms with E-state index in [-0.39, 0.29) is 23.2 Å². The lowest BCUT2D eigenvalue weighted by molar-refractivity contribution is 0.0970. The molecule has 0 aliphatic carbocycles. The third-order valence-corrected chi connectivity index (χ3v) is 7.23. The summed E-state index contributed by atoms with van der Waals surface area (Å²) in [5.41, 5.74) is -0.266. The minimum Gasteiger partial charge on any atom is -0.396 e. The number of rotatable bonds is 3. The summed E-state index contributed by atoms with van der Waals surface area (Å²) in [5, 5.41) is 12.6. The van der Waals surface area contributed by atoms with Gasteiger partial charge in [0.05, 0.1) is 11.9 Å². The molecule has 0 aromatic rings. The molecular weight excluding hydrogens is 268 g/mol. The van der Waals surface area contributed by atoms with Crippen molar-refractivity contribution >= 4 is 10.0 Å². The van der Waals surface area contributed by atoms with Gasteiger partial charge in [0, 0.05) is 38.3 Å². The molecule has 3 aliphatic rings. The van der Waals surface area contributed by atoms with Crippen molar-refractivity contribution in [3.8, 4) is 0 Å². The summed E-state index contributed by atoms with van der Waals surface area (Å²) >= 11 is 0. The number of aliphatic hydroxyl groups excluding tert-OH is 1. The number of hydrogen-bond donors (Lipinski definition) is 2. The molecule has 19 heavy (non-hydrogen) atoms. The second-order valence-electron chi connectivity index (χ2n) is 6.00. The quantitative estimate of drug-likeness (QED) is 0.698. The number of sulfonamides is 1. The van der Waals surface area contributed by atoms with Gasteiger partial charge in [0.2, 0.25) is 10.0 Å². The van der Waals surface area contributed by atoms with E-state index in [4.69, 9.17) is 4.74 Å². The van der Waals surface area contributed by atoms with Crippen molar-refractivity contribution < 1.29 is 18.3 Å². The predicted octanol–water partition coefficient (Wildman–Crippen LogP) is -0.991. The summed E-state index contributed by atoms with van der Waals surface area (Å²) in [6.07, 6.45) is 1.18. The van der Waals surface area contributed by atoms with Crippen LogP contribution in [0.4, 0.5) is 0 Å². The molecule has 0 spiro atoms. The second kappa shape index (κ2) is 4.96. The highest BCUT2D eigenvalue weighted by molar-refractivity contribution is 7.89. The normalized spacial score (nSPS) is 37.6. The largest absolute Gasteiger partial charge is 0.396 e. The first-order chi connectivity index (χ1) is 9.08. The van der Waals surface area contributed by atoms with Crippen molar-refractivity contribution in [1.82, 2.24) is 9.62 Å². The maximum atomic E-state index is 12.6. The number of aliphatic hydroxyl groups is 1. The van der Waals surface area contributed by atoms with E-state index >= 15 is 0 Å². The molecule has 3 heterocycles. The lowest BCUT2D eigenvalue weighted by Crippen LogP contribution is -2.43. The van der Waals surface area contributed by atoms with Crippen LogP contribution in [0.5, 0.6) is 0 Å². The lowest BCUT2D eigenvalue weighted by Gasteiger charge is -2.29. The third kappa shape index (κ3) is 2.21. The van der Waals surface area contributed by atoms with Crippen molar-refractivity contribution in [2.24, 2.45) is 11.3 Å². The van der Waals surface area contributed by atoms with Crippen molar-refractivity contribution in [2.45, 2.75) is 18.1 Å². The van der Waals surface area contributed by atoms with Crippen molar-refractivity contribution in [3.05, 3.63) is 0 Å². The molecule has 6 nitrogen and oxygen atoms in total. The molecule has 3 rings (SSSR count). The van der Waals surface area contributed by atoms with E-state index in [0.717, 1.165) is 6.54 Å². The zero-order valence-corrected chi connectivity index (χ0v) is 11.9. The van der Waals surface area contributed by atoms with E-state index in [1.54, 1.807) is 4.31 Å². The molecule has 3 saturated heterocycles.